The molecule has 0 unspecified atom stereocenters. The fourth-order valence-corrected chi connectivity index (χ4v) is 15.5. The van der Waals surface area contributed by atoms with Crippen LogP contribution in [0.3, 0.4) is 0 Å². The van der Waals surface area contributed by atoms with Crippen LogP contribution in [0.1, 0.15) is 388 Å². The van der Waals surface area contributed by atoms with E-state index < -0.39 is 0 Å². The fraction of sp³-hybridized carbons (Fsp3) is 0.556. The number of imidazole rings is 1. The molecule has 0 bridgehead atoms. The first kappa shape index (κ1) is 137. The Labute approximate surface area is 781 Å². The van der Waals surface area contributed by atoms with Gasteiger partial charge < -0.3 is 28.2 Å². The third-order valence-corrected chi connectivity index (χ3v) is 20.3. The largest absolute Gasteiger partial charge is 0.469 e. The molecule has 0 saturated carbocycles. The lowest BCUT2D eigenvalue weighted by molar-refractivity contribution is 0.508. The summed E-state index contributed by atoms with van der Waals surface area (Å²) in [6, 6.07) is 37.2. The Morgan fingerprint density at radius 1 is 0.285 bits per heavy atom. The molecule has 10 nitrogen and oxygen atoms in total. The Kier molecular flexibility index (Phi) is 123. The molecule has 706 valence electrons. The number of hydrogen-bond donors (Lipinski definition) is 3. The predicted molar refractivity (Wildman–Crippen MR) is 573 cm³/mol. The molecule has 123 heavy (non-hydrogen) atoms. The molecule has 0 saturated heterocycles. The standard InChI is InChI=1S/C8H7N.C8H6O.C8H6S.C7H9N.C7H8O.C7H8S.C6H8N2.C6H7NO.C6H7NS.C5H5NS2.20C2H6/c3*1-2-4-8-7(3-1)5-6-9-8;3*1-2-6-4-5-8-7(6)3-1;3*1-2-5-6(3-1)8-4-7-5;1-2-7-5-4(1)6-3-8-5;20*1-2/h1-6,9H;2*1-6H;4-5,8H,1-3H2;2*4-5H,1-3H2;4H,1-3H2,(H,7,8);2*4H,1-3H2;3H,1-2H2;20*1-2H3. The van der Waals surface area contributed by atoms with Gasteiger partial charge in [-0.2, -0.15) is 0 Å². The van der Waals surface area contributed by atoms with E-state index in [1.54, 1.807) is 63.3 Å². The van der Waals surface area contributed by atoms with Crippen LogP contribution in [0.5, 0.6) is 0 Å². The highest BCUT2D eigenvalue weighted by molar-refractivity contribution is 8.01. The monoisotopic (exact) mass is 1790 g/mol. The van der Waals surface area contributed by atoms with Crippen LogP contribution in [0, 0.1) is 0 Å². The molecular weight excluding hydrogens is 1600 g/mol. The number of nitrogens with zero attached hydrogens (tertiary/aromatic N) is 4. The molecule has 20 rings (SSSR count). The zero-order valence-electron chi connectivity index (χ0n) is 86.9. The number of oxazole rings is 1. The van der Waals surface area contributed by atoms with Crippen LogP contribution in [-0.2, 0) is 83.5 Å². The van der Waals surface area contributed by atoms with Gasteiger partial charge in [0.05, 0.1) is 56.9 Å². The Balaban J connectivity index is -0.000000138. The van der Waals surface area contributed by atoms with E-state index in [1.807, 2.05) is 366 Å². The van der Waals surface area contributed by atoms with Crippen molar-refractivity contribution in [2.24, 2.45) is 0 Å². The summed E-state index contributed by atoms with van der Waals surface area (Å²) in [5.41, 5.74) is 18.5. The minimum absolute atomic E-state index is 0.956. The molecule has 15 heteroatoms. The highest BCUT2D eigenvalue weighted by Crippen LogP contribution is 2.34. The van der Waals surface area contributed by atoms with E-state index in [0.717, 1.165) is 36.0 Å². The van der Waals surface area contributed by atoms with Crippen LogP contribution in [0.25, 0.3) is 32.0 Å². The topological polar surface area (TPSA) is 138 Å². The highest BCUT2D eigenvalue weighted by Gasteiger charge is 2.16. The van der Waals surface area contributed by atoms with Gasteiger partial charge in [-0.05, 0) is 196 Å². The lowest BCUT2D eigenvalue weighted by Gasteiger charge is -1.83. The molecule has 0 fully saturated rings. The lowest BCUT2D eigenvalue weighted by Crippen LogP contribution is -1.77. The molecular formula is C108H191N7O3S5. The zero-order chi connectivity index (χ0) is 96.1. The quantitative estimate of drug-likeness (QED) is 0.136. The van der Waals surface area contributed by atoms with Gasteiger partial charge in [-0.3, -0.25) is 0 Å². The van der Waals surface area contributed by atoms with Crippen LogP contribution in [0.4, 0.5) is 0 Å². The van der Waals surface area contributed by atoms with Gasteiger partial charge in [0.25, 0.3) is 0 Å². The van der Waals surface area contributed by atoms with Gasteiger partial charge in [0, 0.05) is 74.2 Å². The molecule has 0 radical (unpaired) electrons. The summed E-state index contributed by atoms with van der Waals surface area (Å²) in [5.74, 6) is 3.56. The molecule has 0 atom stereocenters. The summed E-state index contributed by atoms with van der Waals surface area (Å²) in [4.78, 5) is 29.2. The maximum Gasteiger partial charge on any atom is 0.181 e. The summed E-state index contributed by atoms with van der Waals surface area (Å²) in [6.07, 6.45) is 34.5. The first-order chi connectivity index (χ1) is 61.2. The van der Waals surface area contributed by atoms with Crippen molar-refractivity contribution >= 4 is 89.1 Å². The zero-order valence-corrected chi connectivity index (χ0v) is 90.9. The van der Waals surface area contributed by atoms with Gasteiger partial charge in [0.2, 0.25) is 0 Å². The average molecular weight is 1800 g/mol. The second-order valence-electron chi connectivity index (χ2n) is 20.8. The summed E-state index contributed by atoms with van der Waals surface area (Å²) in [7, 11) is 0. The van der Waals surface area contributed by atoms with Crippen molar-refractivity contribution in [1.82, 2.24) is 34.9 Å². The van der Waals surface area contributed by atoms with E-state index in [9.17, 15) is 0 Å². The Bertz CT molecular complexity index is 3150. The van der Waals surface area contributed by atoms with Crippen LogP contribution < -0.4 is 0 Å². The number of fused-ring (bicyclic) bond motifs is 10. The van der Waals surface area contributed by atoms with Crippen LogP contribution >= 0.6 is 57.1 Å². The second kappa shape index (κ2) is 111. The van der Waals surface area contributed by atoms with Gasteiger partial charge in [-0.15, -0.1) is 57.1 Å². The van der Waals surface area contributed by atoms with E-state index >= 15 is 0 Å². The molecule has 10 aromatic heterocycles. The number of aromatic amines is 3. The van der Waals surface area contributed by atoms with Crippen LogP contribution in [0.15, 0.2) is 186 Å². The minimum Gasteiger partial charge on any atom is -0.469 e. The third-order valence-electron chi connectivity index (χ3n) is 15.3. The number of thioether (sulfide) groups is 1. The van der Waals surface area contributed by atoms with Crippen molar-refractivity contribution in [3.63, 3.8) is 0 Å². The first-order valence-electron chi connectivity index (χ1n) is 49.2. The van der Waals surface area contributed by atoms with Crippen molar-refractivity contribution in [1.29, 1.82) is 0 Å². The van der Waals surface area contributed by atoms with E-state index in [2.05, 4.69) is 112 Å². The highest BCUT2D eigenvalue weighted by atomic mass is 32.2. The lowest BCUT2D eigenvalue weighted by atomic mass is 10.3. The summed E-state index contributed by atoms with van der Waals surface area (Å²) >= 11 is 9.19. The fourth-order valence-electron chi connectivity index (χ4n) is 10.9. The van der Waals surface area contributed by atoms with Crippen molar-refractivity contribution in [2.75, 3.05) is 5.75 Å². The predicted octanol–water partition coefficient (Wildman–Crippen LogP) is 39.0. The second-order valence-corrected chi connectivity index (χ2v) is 25.9. The van der Waals surface area contributed by atoms with Crippen molar-refractivity contribution in [3.8, 4) is 0 Å². The van der Waals surface area contributed by atoms with E-state index in [4.69, 9.17) is 13.3 Å². The van der Waals surface area contributed by atoms with Gasteiger partial charge >= 0.3 is 0 Å². The van der Waals surface area contributed by atoms with Crippen LogP contribution in [0.2, 0.25) is 0 Å². The number of rotatable bonds is 0. The van der Waals surface area contributed by atoms with Crippen molar-refractivity contribution in [2.45, 2.75) is 403 Å². The molecule has 0 amide bonds. The molecule has 1 aliphatic heterocycles. The number of aromatic nitrogens is 7. The number of H-pyrrole nitrogens is 3. The number of benzene rings is 3. The number of hydrogen-bond acceptors (Lipinski definition) is 12. The maximum absolute atomic E-state index is 5.18. The van der Waals surface area contributed by atoms with Crippen molar-refractivity contribution < 1.29 is 13.3 Å². The molecule has 0 spiro atoms. The third kappa shape index (κ3) is 60.3. The minimum atomic E-state index is 0.956. The SMILES string of the molecule is CC.CC.CC.CC.CC.CC.CC.CC.CC.CC.CC.CC.CC.CC.CC.CC.CC.CC.CC.CC.c1cc2c([nH]1)CCC2.c1cc2c(o1)CCC2.c1cc2c(s1)CCC2.c1ccc2[nH]ccc2c1.c1ccc2occc2c1.c1ccc2sccc2c1.c1nc2c([nH]1)CCC2.c1nc2c(o1)CCC2.c1nc2c(s1)CCC2.c1nc2c(s1)SCC2. The smallest absolute Gasteiger partial charge is 0.181 e. The molecule has 13 aromatic rings. The Hall–Kier alpha value is -7.01. The van der Waals surface area contributed by atoms with Gasteiger partial charge in [-0.25, -0.2) is 19.9 Å². The van der Waals surface area contributed by atoms with Crippen LogP contribution in [-0.4, -0.2) is 40.6 Å². The van der Waals surface area contributed by atoms with Gasteiger partial charge in [-0.1, -0.05) is 332 Å². The number of thiazole rings is 2. The van der Waals surface area contributed by atoms with Crippen molar-refractivity contribution in [3.05, 3.63) is 241 Å². The normalized spacial score (nSPS) is 10.7. The number of thiophene rings is 2. The Morgan fingerprint density at radius 3 is 1.34 bits per heavy atom. The molecule has 3 N–H and O–H groups in total. The van der Waals surface area contributed by atoms with Gasteiger partial charge in [0.15, 0.2) is 6.39 Å². The summed E-state index contributed by atoms with van der Waals surface area (Å²) in [6.45, 7) is 80.0. The number of furan rings is 2. The molecule has 3 aromatic carbocycles. The maximum atomic E-state index is 5.18. The molecule has 6 aliphatic carbocycles. The number of aryl methyl sites for hydroxylation is 13. The summed E-state index contributed by atoms with van der Waals surface area (Å²) < 4.78 is 18.2. The number of para-hydroxylation sites is 2. The van der Waals surface area contributed by atoms with E-state index in [-0.39, 0.29) is 0 Å². The average Bonchev–Trinajstić information content (AvgIpc) is 1.72. The first-order valence-corrected chi connectivity index (χ1v) is 53.7. The molecule has 7 aliphatic rings. The Morgan fingerprint density at radius 2 is 0.764 bits per heavy atom. The van der Waals surface area contributed by atoms with E-state index in [1.165, 1.54) is 196 Å². The number of nitrogens with one attached hydrogen (secondary N) is 3. The molecule has 11 heterocycles. The van der Waals surface area contributed by atoms with E-state index in [0.29, 0.717) is 0 Å². The van der Waals surface area contributed by atoms with Gasteiger partial charge in [0.1, 0.15) is 17.1 Å². The summed E-state index contributed by atoms with van der Waals surface area (Å²) in [5, 5.41) is 8.10.